The fourth-order valence-electron chi connectivity index (χ4n) is 2.59. The van der Waals surface area contributed by atoms with E-state index in [0.717, 1.165) is 25.8 Å². The molecule has 0 saturated carbocycles. The first-order valence-corrected chi connectivity index (χ1v) is 6.98. The number of amides is 1. The summed E-state index contributed by atoms with van der Waals surface area (Å²) < 4.78 is 5.52. The third-order valence-corrected chi connectivity index (χ3v) is 3.64. The summed E-state index contributed by atoms with van der Waals surface area (Å²) in [7, 11) is 0. The molecule has 1 aromatic rings. The fraction of sp³-hybridized carbons (Fsp3) is 0.533. The van der Waals surface area contributed by atoms with Crippen LogP contribution in [0.15, 0.2) is 24.3 Å². The minimum Gasteiger partial charge on any atom is -0.484 e. The Hall–Kier alpha value is -1.71. The summed E-state index contributed by atoms with van der Waals surface area (Å²) >= 11 is 0. The van der Waals surface area contributed by atoms with Crippen LogP contribution in [0.1, 0.15) is 32.6 Å². The van der Waals surface area contributed by atoms with Crippen molar-refractivity contribution in [2.24, 2.45) is 0 Å². The van der Waals surface area contributed by atoms with E-state index >= 15 is 0 Å². The molecule has 0 spiro atoms. The number of nitrogen functional groups attached to an aromatic ring is 1. The Balaban J connectivity index is 1.89. The summed E-state index contributed by atoms with van der Waals surface area (Å²) in [6.07, 6.45) is 4.45. The number of hydrogen-bond acceptors (Lipinski definition) is 3. The van der Waals surface area contributed by atoms with Gasteiger partial charge in [0.15, 0.2) is 6.61 Å². The van der Waals surface area contributed by atoms with Crippen LogP contribution in [0.25, 0.3) is 0 Å². The number of carbonyl (C=O) groups is 1. The van der Waals surface area contributed by atoms with Crippen molar-refractivity contribution in [2.45, 2.75) is 38.6 Å². The number of hydrogen-bond donors (Lipinski definition) is 1. The average Bonchev–Trinajstić information content (AvgIpc) is 2.45. The van der Waals surface area contributed by atoms with Gasteiger partial charge < -0.3 is 15.4 Å². The van der Waals surface area contributed by atoms with E-state index in [-0.39, 0.29) is 12.5 Å². The first-order valence-electron chi connectivity index (χ1n) is 6.98. The van der Waals surface area contributed by atoms with E-state index < -0.39 is 0 Å². The van der Waals surface area contributed by atoms with Crippen molar-refractivity contribution in [3.8, 4) is 5.75 Å². The molecular formula is C15H22N2O2. The maximum Gasteiger partial charge on any atom is 0.260 e. The predicted molar refractivity (Wildman–Crippen MR) is 76.0 cm³/mol. The van der Waals surface area contributed by atoms with Gasteiger partial charge in [0.2, 0.25) is 0 Å². The van der Waals surface area contributed by atoms with Gasteiger partial charge >= 0.3 is 0 Å². The molecule has 0 aliphatic carbocycles. The number of nitrogens with two attached hydrogens (primary N) is 1. The van der Waals surface area contributed by atoms with Crippen molar-refractivity contribution >= 4 is 11.6 Å². The van der Waals surface area contributed by atoms with Gasteiger partial charge in [-0.15, -0.1) is 0 Å². The van der Waals surface area contributed by atoms with Crippen LogP contribution >= 0.6 is 0 Å². The highest BCUT2D eigenvalue weighted by molar-refractivity contribution is 5.78. The molecule has 19 heavy (non-hydrogen) atoms. The Morgan fingerprint density at radius 3 is 3.05 bits per heavy atom. The van der Waals surface area contributed by atoms with E-state index in [2.05, 4.69) is 6.92 Å². The molecule has 0 bridgehead atoms. The highest BCUT2D eigenvalue weighted by Crippen LogP contribution is 2.20. The Bertz CT molecular complexity index is 434. The van der Waals surface area contributed by atoms with Crippen LogP contribution in [-0.2, 0) is 4.79 Å². The molecule has 1 unspecified atom stereocenters. The van der Waals surface area contributed by atoms with Crippen molar-refractivity contribution < 1.29 is 9.53 Å². The third-order valence-electron chi connectivity index (χ3n) is 3.64. The normalized spacial score (nSPS) is 19.2. The van der Waals surface area contributed by atoms with Gasteiger partial charge in [-0.3, -0.25) is 4.79 Å². The van der Waals surface area contributed by atoms with Crippen LogP contribution < -0.4 is 10.5 Å². The molecule has 1 saturated heterocycles. The zero-order chi connectivity index (χ0) is 13.7. The fourth-order valence-corrected chi connectivity index (χ4v) is 2.59. The molecule has 1 heterocycles. The molecule has 4 nitrogen and oxygen atoms in total. The Morgan fingerprint density at radius 1 is 1.47 bits per heavy atom. The van der Waals surface area contributed by atoms with Crippen molar-refractivity contribution in [1.82, 2.24) is 4.90 Å². The lowest BCUT2D eigenvalue weighted by Gasteiger charge is -2.35. The van der Waals surface area contributed by atoms with Crippen molar-refractivity contribution in [2.75, 3.05) is 18.9 Å². The minimum atomic E-state index is 0.0778. The number of carbonyl (C=O) groups excluding carboxylic acids is 1. The summed E-state index contributed by atoms with van der Waals surface area (Å²) in [5, 5.41) is 0. The van der Waals surface area contributed by atoms with Crippen LogP contribution in [0.3, 0.4) is 0 Å². The second-order valence-corrected chi connectivity index (χ2v) is 5.01. The third kappa shape index (κ3) is 3.63. The SMILES string of the molecule is CCC1CCCCN1C(=O)COc1cccc(N)c1. The molecule has 2 rings (SSSR count). The lowest BCUT2D eigenvalue weighted by molar-refractivity contribution is -0.137. The number of anilines is 1. The number of nitrogens with zero attached hydrogens (tertiary/aromatic N) is 1. The minimum absolute atomic E-state index is 0.0778. The van der Waals surface area contributed by atoms with E-state index in [1.165, 1.54) is 6.42 Å². The van der Waals surface area contributed by atoms with Crippen molar-refractivity contribution in [3.05, 3.63) is 24.3 Å². The van der Waals surface area contributed by atoms with Gasteiger partial charge in [0.05, 0.1) is 0 Å². The van der Waals surface area contributed by atoms with E-state index in [0.29, 0.717) is 17.5 Å². The Morgan fingerprint density at radius 2 is 2.32 bits per heavy atom. The van der Waals surface area contributed by atoms with E-state index in [9.17, 15) is 4.79 Å². The Kier molecular flexibility index (Phi) is 4.66. The van der Waals surface area contributed by atoms with Crippen LogP contribution in [0.5, 0.6) is 5.75 Å². The molecular weight excluding hydrogens is 240 g/mol. The second kappa shape index (κ2) is 6.45. The van der Waals surface area contributed by atoms with Gasteiger partial charge in [0, 0.05) is 24.3 Å². The number of ether oxygens (including phenoxy) is 1. The summed E-state index contributed by atoms with van der Waals surface area (Å²) in [4.78, 5) is 14.2. The first kappa shape index (κ1) is 13.7. The lowest BCUT2D eigenvalue weighted by Crippen LogP contribution is -2.45. The molecule has 1 fully saturated rings. The zero-order valence-electron chi connectivity index (χ0n) is 11.5. The first-order chi connectivity index (χ1) is 9.20. The summed E-state index contributed by atoms with van der Waals surface area (Å²) in [6, 6.07) is 7.56. The molecule has 2 N–H and O–H groups in total. The van der Waals surface area contributed by atoms with Gasteiger partial charge in [-0.25, -0.2) is 0 Å². The van der Waals surface area contributed by atoms with Crippen LogP contribution in [-0.4, -0.2) is 30.0 Å². The maximum atomic E-state index is 12.2. The van der Waals surface area contributed by atoms with Gasteiger partial charge in [0.25, 0.3) is 5.91 Å². The molecule has 1 aromatic carbocycles. The molecule has 4 heteroatoms. The predicted octanol–water partition coefficient (Wildman–Crippen LogP) is 2.44. The molecule has 0 radical (unpaired) electrons. The van der Waals surface area contributed by atoms with Gasteiger partial charge in [-0.05, 0) is 37.8 Å². The van der Waals surface area contributed by atoms with Crippen LogP contribution in [0, 0.1) is 0 Å². The summed E-state index contributed by atoms with van der Waals surface area (Å²) in [5.41, 5.74) is 6.32. The maximum absolute atomic E-state index is 12.2. The lowest BCUT2D eigenvalue weighted by atomic mass is 10.00. The standard InChI is InChI=1S/C15H22N2O2/c1-2-13-7-3-4-9-17(13)15(18)11-19-14-8-5-6-12(16)10-14/h5-6,8,10,13H,2-4,7,9,11,16H2,1H3. The van der Waals surface area contributed by atoms with Gasteiger partial charge in [-0.2, -0.15) is 0 Å². The molecule has 1 atom stereocenters. The zero-order valence-corrected chi connectivity index (χ0v) is 11.5. The second-order valence-electron chi connectivity index (χ2n) is 5.01. The Labute approximate surface area is 114 Å². The monoisotopic (exact) mass is 262 g/mol. The van der Waals surface area contributed by atoms with Crippen molar-refractivity contribution in [1.29, 1.82) is 0 Å². The molecule has 1 aliphatic heterocycles. The highest BCUT2D eigenvalue weighted by Gasteiger charge is 2.25. The van der Waals surface area contributed by atoms with E-state index in [1.54, 1.807) is 12.1 Å². The average molecular weight is 262 g/mol. The highest BCUT2D eigenvalue weighted by atomic mass is 16.5. The summed E-state index contributed by atoms with van der Waals surface area (Å²) in [6.45, 7) is 3.09. The number of likely N-dealkylation sites (tertiary alicyclic amines) is 1. The number of piperidine rings is 1. The van der Waals surface area contributed by atoms with E-state index in [4.69, 9.17) is 10.5 Å². The van der Waals surface area contributed by atoms with Crippen LogP contribution in [0.4, 0.5) is 5.69 Å². The molecule has 1 amide bonds. The molecule has 1 aliphatic rings. The van der Waals surface area contributed by atoms with Crippen molar-refractivity contribution in [3.63, 3.8) is 0 Å². The quantitative estimate of drug-likeness (QED) is 0.848. The molecule has 0 aromatic heterocycles. The number of benzene rings is 1. The largest absolute Gasteiger partial charge is 0.484 e. The smallest absolute Gasteiger partial charge is 0.260 e. The van der Waals surface area contributed by atoms with Gasteiger partial charge in [0.1, 0.15) is 5.75 Å². The molecule has 104 valence electrons. The number of rotatable bonds is 4. The summed E-state index contributed by atoms with van der Waals surface area (Å²) in [5.74, 6) is 0.729. The van der Waals surface area contributed by atoms with E-state index in [1.807, 2.05) is 17.0 Å². The topological polar surface area (TPSA) is 55.6 Å². The van der Waals surface area contributed by atoms with Gasteiger partial charge in [-0.1, -0.05) is 13.0 Å². The van der Waals surface area contributed by atoms with Crippen LogP contribution in [0.2, 0.25) is 0 Å².